The molecule has 1 aromatic carbocycles. The van der Waals surface area contributed by atoms with Gasteiger partial charge >= 0.3 is 5.97 Å². The van der Waals surface area contributed by atoms with Crippen LogP contribution >= 0.6 is 11.8 Å². The van der Waals surface area contributed by atoms with E-state index in [4.69, 9.17) is 14.5 Å². The first-order valence-electron chi connectivity index (χ1n) is 11.4. The minimum absolute atomic E-state index is 0.0705. The lowest BCUT2D eigenvalue weighted by Gasteiger charge is -2.36. The molecular formula is C25H31N3O4S. The van der Waals surface area contributed by atoms with Gasteiger partial charge in [-0.15, -0.1) is 0 Å². The smallest absolute Gasteiger partial charge is 0.338 e. The van der Waals surface area contributed by atoms with Crippen molar-refractivity contribution in [2.45, 2.75) is 65.2 Å². The first-order chi connectivity index (χ1) is 15.8. The SMILES string of the molecule is CC1=C(C(=O)OC(C)C)C(c2ccc(C)cc2)N2C(CC(=O)NCC3CCCO3)=CSC2=N1. The molecule has 4 rings (SSSR count). The summed E-state index contributed by atoms with van der Waals surface area (Å²) in [7, 11) is 0. The van der Waals surface area contributed by atoms with Crippen LogP contribution in [0.5, 0.6) is 0 Å². The average Bonchev–Trinajstić information content (AvgIpc) is 3.41. The van der Waals surface area contributed by atoms with E-state index in [9.17, 15) is 9.59 Å². The molecule has 8 heteroatoms. The quantitative estimate of drug-likeness (QED) is 0.603. The third-order valence-electron chi connectivity index (χ3n) is 5.85. The first-order valence-corrected chi connectivity index (χ1v) is 12.3. The number of thioether (sulfide) groups is 1. The molecule has 2 atom stereocenters. The first kappa shape index (κ1) is 23.6. The largest absolute Gasteiger partial charge is 0.459 e. The molecule has 3 aliphatic heterocycles. The summed E-state index contributed by atoms with van der Waals surface area (Å²) in [5.41, 5.74) is 4.05. The lowest BCUT2D eigenvalue weighted by molar-refractivity contribution is -0.143. The molecule has 0 saturated carbocycles. The summed E-state index contributed by atoms with van der Waals surface area (Å²) in [5, 5.41) is 5.71. The summed E-state index contributed by atoms with van der Waals surface area (Å²) in [6.45, 7) is 8.82. The number of carbonyl (C=O) groups is 2. The number of hydrogen-bond donors (Lipinski definition) is 1. The normalized spacial score (nSPS) is 22.3. The van der Waals surface area contributed by atoms with Crippen LogP contribution in [0.4, 0.5) is 0 Å². The van der Waals surface area contributed by atoms with Gasteiger partial charge < -0.3 is 19.7 Å². The molecule has 1 amide bonds. The lowest BCUT2D eigenvalue weighted by atomic mass is 9.93. The molecule has 1 fully saturated rings. The molecule has 7 nitrogen and oxygen atoms in total. The maximum atomic E-state index is 13.1. The van der Waals surface area contributed by atoms with Gasteiger partial charge in [0.2, 0.25) is 5.91 Å². The second kappa shape index (κ2) is 10.1. The standard InChI is InChI=1S/C25H31N3O4S/c1-15(2)32-24(30)22-17(4)27-25-28(23(22)18-9-7-16(3)8-10-18)19(14-33-25)12-21(29)26-13-20-6-5-11-31-20/h7-10,14-15,20,23H,5-6,11-13H2,1-4H3,(H,26,29). The van der Waals surface area contributed by atoms with Gasteiger partial charge in [0.25, 0.3) is 0 Å². The molecule has 1 aromatic rings. The average molecular weight is 470 g/mol. The Hall–Kier alpha value is -2.58. The van der Waals surface area contributed by atoms with Crippen LogP contribution in [-0.2, 0) is 19.1 Å². The number of allylic oxidation sites excluding steroid dienone is 1. The maximum absolute atomic E-state index is 13.1. The number of amidine groups is 1. The highest BCUT2D eigenvalue weighted by molar-refractivity contribution is 8.16. The van der Waals surface area contributed by atoms with Gasteiger partial charge in [0.05, 0.1) is 35.9 Å². The van der Waals surface area contributed by atoms with Crippen molar-refractivity contribution in [2.24, 2.45) is 4.99 Å². The lowest BCUT2D eigenvalue weighted by Crippen LogP contribution is -2.39. The predicted octanol–water partition coefficient (Wildman–Crippen LogP) is 4.21. The Balaban J connectivity index is 1.60. The molecule has 1 N–H and O–H groups in total. The van der Waals surface area contributed by atoms with Crippen molar-refractivity contribution in [1.82, 2.24) is 10.2 Å². The fourth-order valence-corrected chi connectivity index (χ4v) is 5.20. The van der Waals surface area contributed by atoms with Crippen molar-refractivity contribution < 1.29 is 19.1 Å². The van der Waals surface area contributed by atoms with E-state index in [1.807, 2.05) is 62.3 Å². The van der Waals surface area contributed by atoms with Crippen LogP contribution < -0.4 is 5.32 Å². The second-order valence-corrected chi connectivity index (χ2v) is 9.71. The third kappa shape index (κ3) is 5.33. The fourth-order valence-electron chi connectivity index (χ4n) is 4.23. The van der Waals surface area contributed by atoms with E-state index in [0.717, 1.165) is 41.4 Å². The number of fused-ring (bicyclic) bond motifs is 1. The Kier molecular flexibility index (Phi) is 7.24. The second-order valence-electron chi connectivity index (χ2n) is 8.87. The molecule has 3 aliphatic rings. The Morgan fingerprint density at radius 1 is 1.27 bits per heavy atom. The summed E-state index contributed by atoms with van der Waals surface area (Å²) in [6.07, 6.45) is 2.06. The number of carbonyl (C=O) groups excluding carboxylic acids is 2. The van der Waals surface area contributed by atoms with Crippen molar-refractivity contribution in [3.8, 4) is 0 Å². The highest BCUT2D eigenvalue weighted by Crippen LogP contribution is 2.44. The van der Waals surface area contributed by atoms with Gasteiger partial charge in [-0.3, -0.25) is 4.79 Å². The highest BCUT2D eigenvalue weighted by Gasteiger charge is 2.41. The zero-order valence-corrected chi connectivity index (χ0v) is 20.4. The third-order valence-corrected chi connectivity index (χ3v) is 6.74. The minimum atomic E-state index is -0.406. The molecular weight excluding hydrogens is 438 g/mol. The molecule has 0 radical (unpaired) electrons. The van der Waals surface area contributed by atoms with Crippen LogP contribution in [0, 0.1) is 6.92 Å². The molecule has 0 bridgehead atoms. The van der Waals surface area contributed by atoms with Crippen molar-refractivity contribution in [2.75, 3.05) is 13.2 Å². The van der Waals surface area contributed by atoms with Crippen molar-refractivity contribution in [1.29, 1.82) is 0 Å². The van der Waals surface area contributed by atoms with Gasteiger partial charge in [-0.05, 0) is 51.5 Å². The van der Waals surface area contributed by atoms with E-state index in [2.05, 4.69) is 5.32 Å². The molecule has 33 heavy (non-hydrogen) atoms. The predicted molar refractivity (Wildman–Crippen MR) is 129 cm³/mol. The maximum Gasteiger partial charge on any atom is 0.338 e. The molecule has 0 aliphatic carbocycles. The summed E-state index contributed by atoms with van der Waals surface area (Å²) in [4.78, 5) is 32.6. The summed E-state index contributed by atoms with van der Waals surface area (Å²) < 4.78 is 11.2. The van der Waals surface area contributed by atoms with Gasteiger partial charge in [0, 0.05) is 18.8 Å². The Labute approximate surface area is 199 Å². The summed E-state index contributed by atoms with van der Waals surface area (Å²) in [6, 6.07) is 7.70. The number of ether oxygens (including phenoxy) is 2. The molecule has 1 saturated heterocycles. The van der Waals surface area contributed by atoms with E-state index >= 15 is 0 Å². The minimum Gasteiger partial charge on any atom is -0.459 e. The van der Waals surface area contributed by atoms with Crippen LogP contribution in [0.15, 0.2) is 51.6 Å². The number of esters is 1. The van der Waals surface area contributed by atoms with Crippen molar-refractivity contribution in [3.63, 3.8) is 0 Å². The zero-order chi connectivity index (χ0) is 23.5. The van der Waals surface area contributed by atoms with E-state index in [-0.39, 0.29) is 30.5 Å². The van der Waals surface area contributed by atoms with Crippen LogP contribution in [0.3, 0.4) is 0 Å². The fraction of sp³-hybridized carbons (Fsp3) is 0.480. The Morgan fingerprint density at radius 3 is 2.70 bits per heavy atom. The molecule has 0 spiro atoms. The number of nitrogens with one attached hydrogen (secondary N) is 1. The van der Waals surface area contributed by atoms with E-state index in [0.29, 0.717) is 17.8 Å². The van der Waals surface area contributed by atoms with Gasteiger partial charge in [-0.2, -0.15) is 0 Å². The molecule has 0 aromatic heterocycles. The summed E-state index contributed by atoms with van der Waals surface area (Å²) >= 11 is 1.48. The monoisotopic (exact) mass is 469 g/mol. The highest BCUT2D eigenvalue weighted by atomic mass is 32.2. The van der Waals surface area contributed by atoms with Gasteiger partial charge in [-0.1, -0.05) is 41.6 Å². The number of amides is 1. The van der Waals surface area contributed by atoms with E-state index in [1.54, 1.807) is 0 Å². The van der Waals surface area contributed by atoms with Crippen molar-refractivity contribution >= 4 is 28.8 Å². The summed E-state index contributed by atoms with van der Waals surface area (Å²) in [5.74, 6) is -0.450. The number of hydrogen-bond acceptors (Lipinski definition) is 7. The van der Waals surface area contributed by atoms with Crippen molar-refractivity contribution in [3.05, 3.63) is 57.8 Å². The van der Waals surface area contributed by atoms with Crippen LogP contribution in [0.1, 0.15) is 57.2 Å². The van der Waals surface area contributed by atoms with Gasteiger partial charge in [0.15, 0.2) is 5.17 Å². The van der Waals surface area contributed by atoms with Gasteiger partial charge in [0.1, 0.15) is 0 Å². The van der Waals surface area contributed by atoms with Crippen LogP contribution in [0.2, 0.25) is 0 Å². The zero-order valence-electron chi connectivity index (χ0n) is 19.6. The number of rotatable bonds is 7. The molecule has 2 unspecified atom stereocenters. The number of aliphatic imine (C=N–C) groups is 1. The molecule has 3 heterocycles. The van der Waals surface area contributed by atoms with E-state index in [1.165, 1.54) is 11.8 Å². The molecule has 176 valence electrons. The van der Waals surface area contributed by atoms with Crippen LogP contribution in [0.25, 0.3) is 0 Å². The number of nitrogens with zero attached hydrogens (tertiary/aromatic N) is 2. The Morgan fingerprint density at radius 2 is 2.03 bits per heavy atom. The van der Waals surface area contributed by atoms with Crippen LogP contribution in [-0.4, -0.2) is 47.3 Å². The Bertz CT molecular complexity index is 1010. The number of benzene rings is 1. The number of aryl methyl sites for hydroxylation is 1. The topological polar surface area (TPSA) is 80.2 Å². The van der Waals surface area contributed by atoms with E-state index < -0.39 is 6.04 Å². The van der Waals surface area contributed by atoms with Gasteiger partial charge in [-0.25, -0.2) is 9.79 Å².